The van der Waals surface area contributed by atoms with Gasteiger partial charge in [0.15, 0.2) is 5.16 Å². The zero-order chi connectivity index (χ0) is 22.8. The van der Waals surface area contributed by atoms with Gasteiger partial charge in [-0.2, -0.15) is 5.26 Å². The van der Waals surface area contributed by atoms with Crippen molar-refractivity contribution in [1.29, 1.82) is 5.26 Å². The summed E-state index contributed by atoms with van der Waals surface area (Å²) in [5, 5.41) is 13.1. The minimum Gasteiger partial charge on any atom is -0.337 e. The predicted molar refractivity (Wildman–Crippen MR) is 128 cm³/mol. The summed E-state index contributed by atoms with van der Waals surface area (Å²) >= 11 is 2.86. The standard InChI is InChI=1S/C23H30N4O2S2/c1-6-12-27-21(29)18-16-10-8-7-9-11-17(16)31-20(18)25-22(27)30-15(4)19(28)26-23(5,13-24)14(2)3/h6,14-15H,1,7-12H2,2-5H3,(H,26,28). The van der Waals surface area contributed by atoms with Crippen LogP contribution < -0.4 is 10.9 Å². The summed E-state index contributed by atoms with van der Waals surface area (Å²) in [4.78, 5) is 33.1. The van der Waals surface area contributed by atoms with Crippen LogP contribution in [-0.4, -0.2) is 26.2 Å². The Morgan fingerprint density at radius 3 is 2.74 bits per heavy atom. The molecule has 2 heterocycles. The van der Waals surface area contributed by atoms with E-state index < -0.39 is 10.8 Å². The first-order valence-corrected chi connectivity index (χ1v) is 12.5. The van der Waals surface area contributed by atoms with E-state index in [1.165, 1.54) is 23.1 Å². The third-order valence-electron chi connectivity index (χ3n) is 6.02. The maximum Gasteiger partial charge on any atom is 0.263 e. The second-order valence-corrected chi connectivity index (χ2v) is 11.0. The molecule has 0 spiro atoms. The van der Waals surface area contributed by atoms with Crippen LogP contribution in [0.2, 0.25) is 0 Å². The van der Waals surface area contributed by atoms with Gasteiger partial charge in [-0.05, 0) is 51.0 Å². The van der Waals surface area contributed by atoms with Crippen molar-refractivity contribution in [3.8, 4) is 6.07 Å². The minimum absolute atomic E-state index is 0.0337. The van der Waals surface area contributed by atoms with Crippen LogP contribution in [0.3, 0.4) is 0 Å². The SMILES string of the molecule is C=CCn1c(SC(C)C(=O)NC(C)(C#N)C(C)C)nc2sc3c(c2c1=O)CCCCC3. The third kappa shape index (κ3) is 4.73. The molecule has 1 N–H and O–H groups in total. The van der Waals surface area contributed by atoms with Crippen LogP contribution in [0, 0.1) is 17.2 Å². The highest BCUT2D eigenvalue weighted by Gasteiger charge is 2.32. The lowest BCUT2D eigenvalue weighted by molar-refractivity contribution is -0.121. The molecular weight excluding hydrogens is 428 g/mol. The number of carbonyl (C=O) groups excluding carboxylic acids is 1. The van der Waals surface area contributed by atoms with E-state index in [1.54, 1.807) is 35.8 Å². The summed E-state index contributed by atoms with van der Waals surface area (Å²) < 4.78 is 1.62. The zero-order valence-corrected chi connectivity index (χ0v) is 20.3. The fraction of sp³-hybridized carbons (Fsp3) is 0.565. The van der Waals surface area contributed by atoms with Crippen molar-refractivity contribution in [3.05, 3.63) is 33.4 Å². The van der Waals surface area contributed by atoms with E-state index >= 15 is 0 Å². The van der Waals surface area contributed by atoms with E-state index in [2.05, 4.69) is 18.0 Å². The molecule has 8 heteroatoms. The minimum atomic E-state index is -0.949. The number of aryl methyl sites for hydroxylation is 2. The Hall–Kier alpha value is -2.11. The highest BCUT2D eigenvalue weighted by Crippen LogP contribution is 2.34. The molecule has 1 aliphatic carbocycles. The van der Waals surface area contributed by atoms with E-state index in [0.717, 1.165) is 41.5 Å². The number of thiophene rings is 1. The number of carbonyl (C=O) groups is 1. The van der Waals surface area contributed by atoms with E-state index in [4.69, 9.17) is 4.98 Å². The average Bonchev–Trinajstić information content (AvgIpc) is 2.91. The fourth-order valence-electron chi connectivity index (χ4n) is 3.65. The Kier molecular flexibility index (Phi) is 7.28. The molecule has 3 rings (SSSR count). The molecule has 6 nitrogen and oxygen atoms in total. The van der Waals surface area contributed by atoms with Gasteiger partial charge in [0.05, 0.1) is 16.7 Å². The van der Waals surface area contributed by atoms with E-state index in [1.807, 2.05) is 13.8 Å². The van der Waals surface area contributed by atoms with Gasteiger partial charge in [0.1, 0.15) is 10.4 Å². The van der Waals surface area contributed by atoms with Gasteiger partial charge in [0, 0.05) is 11.4 Å². The highest BCUT2D eigenvalue weighted by molar-refractivity contribution is 8.00. The molecule has 0 radical (unpaired) electrons. The van der Waals surface area contributed by atoms with Gasteiger partial charge >= 0.3 is 0 Å². The molecule has 0 saturated carbocycles. The van der Waals surface area contributed by atoms with Crippen LogP contribution in [0.1, 0.15) is 57.4 Å². The number of nitrogens with one attached hydrogen (secondary N) is 1. The molecule has 31 heavy (non-hydrogen) atoms. The number of nitriles is 1. The molecular formula is C23H30N4O2S2. The Morgan fingerprint density at radius 1 is 1.39 bits per heavy atom. The van der Waals surface area contributed by atoms with Gasteiger partial charge in [-0.3, -0.25) is 14.2 Å². The first kappa shape index (κ1) is 23.6. The summed E-state index contributed by atoms with van der Waals surface area (Å²) in [7, 11) is 0. The first-order valence-electron chi connectivity index (χ1n) is 10.8. The van der Waals surface area contributed by atoms with Crippen molar-refractivity contribution < 1.29 is 4.79 Å². The molecule has 1 amide bonds. The maximum absolute atomic E-state index is 13.4. The Labute approximate surface area is 191 Å². The van der Waals surface area contributed by atoms with Gasteiger partial charge in [-0.1, -0.05) is 38.1 Å². The Bertz CT molecular complexity index is 1100. The molecule has 0 bridgehead atoms. The lowest BCUT2D eigenvalue weighted by atomic mass is 9.90. The third-order valence-corrected chi connectivity index (χ3v) is 8.30. The number of aromatic nitrogens is 2. The fourth-order valence-corrected chi connectivity index (χ4v) is 5.87. The Morgan fingerprint density at radius 2 is 2.10 bits per heavy atom. The smallest absolute Gasteiger partial charge is 0.263 e. The van der Waals surface area contributed by atoms with Gasteiger partial charge in [-0.15, -0.1) is 17.9 Å². The second kappa shape index (κ2) is 9.58. The first-order chi connectivity index (χ1) is 14.7. The number of fused-ring (bicyclic) bond motifs is 3. The van der Waals surface area contributed by atoms with Gasteiger partial charge < -0.3 is 5.32 Å². The van der Waals surface area contributed by atoms with Crippen molar-refractivity contribution in [2.45, 2.75) is 82.3 Å². The summed E-state index contributed by atoms with van der Waals surface area (Å²) in [5.41, 5.74) is 0.162. The lowest BCUT2D eigenvalue weighted by Crippen LogP contribution is -2.51. The van der Waals surface area contributed by atoms with E-state index in [-0.39, 0.29) is 17.4 Å². The van der Waals surface area contributed by atoms with Crippen LogP contribution in [0.25, 0.3) is 10.2 Å². The number of nitrogens with zero attached hydrogens (tertiary/aromatic N) is 3. The number of allylic oxidation sites excluding steroid dienone is 1. The molecule has 0 fully saturated rings. The van der Waals surface area contributed by atoms with Crippen LogP contribution in [0.5, 0.6) is 0 Å². The summed E-state index contributed by atoms with van der Waals surface area (Å²) in [6.07, 6.45) is 7.04. The largest absolute Gasteiger partial charge is 0.337 e. The highest BCUT2D eigenvalue weighted by atomic mass is 32.2. The molecule has 1 aliphatic rings. The van der Waals surface area contributed by atoms with Crippen molar-refractivity contribution in [2.24, 2.45) is 5.92 Å². The van der Waals surface area contributed by atoms with Crippen molar-refractivity contribution in [3.63, 3.8) is 0 Å². The van der Waals surface area contributed by atoms with Crippen molar-refractivity contribution in [2.75, 3.05) is 0 Å². The molecule has 166 valence electrons. The summed E-state index contributed by atoms with van der Waals surface area (Å²) in [6.45, 7) is 11.4. The average molecular weight is 459 g/mol. The number of amides is 1. The lowest BCUT2D eigenvalue weighted by Gasteiger charge is -2.28. The van der Waals surface area contributed by atoms with Gasteiger partial charge in [0.2, 0.25) is 5.91 Å². The molecule has 0 saturated heterocycles. The summed E-state index contributed by atoms with van der Waals surface area (Å²) in [6, 6.07) is 2.20. The molecule has 2 atom stereocenters. The normalized spacial score (nSPS) is 16.8. The van der Waals surface area contributed by atoms with E-state index in [0.29, 0.717) is 11.7 Å². The van der Waals surface area contributed by atoms with Crippen LogP contribution in [0.15, 0.2) is 22.6 Å². The number of rotatable bonds is 7. The molecule has 2 aromatic rings. The summed E-state index contributed by atoms with van der Waals surface area (Å²) in [5.74, 6) is -0.280. The zero-order valence-electron chi connectivity index (χ0n) is 18.7. The predicted octanol–water partition coefficient (Wildman–Crippen LogP) is 4.45. The molecule has 2 unspecified atom stereocenters. The second-order valence-electron chi connectivity index (χ2n) is 8.56. The monoisotopic (exact) mass is 458 g/mol. The number of thioether (sulfide) groups is 1. The van der Waals surface area contributed by atoms with Crippen LogP contribution in [-0.2, 0) is 24.2 Å². The number of hydrogen-bond donors (Lipinski definition) is 1. The van der Waals surface area contributed by atoms with Crippen LogP contribution in [0.4, 0.5) is 0 Å². The van der Waals surface area contributed by atoms with Crippen LogP contribution >= 0.6 is 23.1 Å². The number of hydrogen-bond acceptors (Lipinski definition) is 6. The Balaban J connectivity index is 1.97. The molecule has 2 aromatic heterocycles. The van der Waals surface area contributed by atoms with Crippen molar-refractivity contribution >= 4 is 39.2 Å². The molecule has 0 aliphatic heterocycles. The van der Waals surface area contributed by atoms with E-state index in [9.17, 15) is 14.9 Å². The quantitative estimate of drug-likeness (QED) is 0.287. The van der Waals surface area contributed by atoms with Gasteiger partial charge in [0.25, 0.3) is 5.56 Å². The topological polar surface area (TPSA) is 87.8 Å². The molecule has 0 aromatic carbocycles. The van der Waals surface area contributed by atoms with Gasteiger partial charge in [-0.25, -0.2) is 4.98 Å². The maximum atomic E-state index is 13.4. The van der Waals surface area contributed by atoms with Crippen molar-refractivity contribution in [1.82, 2.24) is 14.9 Å².